The van der Waals surface area contributed by atoms with E-state index in [1.165, 1.54) is 32.1 Å². The molecule has 2 atom stereocenters. The van der Waals surface area contributed by atoms with Gasteiger partial charge in [0.1, 0.15) is 5.54 Å². The third kappa shape index (κ3) is 1.69. The Morgan fingerprint density at radius 1 is 1.36 bits per heavy atom. The Kier molecular flexibility index (Phi) is 2.88. The normalized spacial score (nSPS) is 37.8. The molecule has 76 valence electrons. The highest BCUT2D eigenvalue weighted by atomic mass is 15.0. The third-order valence-electron chi connectivity index (χ3n) is 3.53. The molecule has 1 aliphatic heterocycles. The summed E-state index contributed by atoms with van der Waals surface area (Å²) in [4.78, 5) is 0. The molecule has 0 radical (unpaired) electrons. The van der Waals surface area contributed by atoms with Crippen molar-refractivity contribution in [1.82, 2.24) is 5.32 Å². The number of nitrogens with zero attached hydrogens (tertiary/aromatic N) is 1. The molecule has 0 amide bonds. The van der Waals surface area contributed by atoms with Gasteiger partial charge in [-0.25, -0.2) is 0 Å². The van der Waals surface area contributed by atoms with Crippen LogP contribution in [0.2, 0.25) is 0 Å². The second-order valence-corrected chi connectivity index (χ2v) is 4.43. The molecule has 2 aliphatic rings. The third-order valence-corrected chi connectivity index (χ3v) is 3.53. The molecule has 0 aromatic heterocycles. The average Bonchev–Trinajstić information content (AvgIpc) is 2.31. The van der Waals surface area contributed by atoms with Crippen molar-refractivity contribution >= 4 is 0 Å². The van der Waals surface area contributed by atoms with E-state index < -0.39 is 0 Å². The topological polar surface area (TPSA) is 35.8 Å². The zero-order valence-electron chi connectivity index (χ0n) is 8.63. The predicted molar refractivity (Wildman–Crippen MR) is 56.7 cm³/mol. The molecule has 0 saturated carbocycles. The van der Waals surface area contributed by atoms with E-state index in [2.05, 4.69) is 23.5 Å². The molecule has 2 unspecified atom stereocenters. The average molecular weight is 190 g/mol. The van der Waals surface area contributed by atoms with Gasteiger partial charge in [-0.2, -0.15) is 5.26 Å². The molecule has 2 rings (SSSR count). The highest BCUT2D eigenvalue weighted by molar-refractivity contribution is 5.18. The fourth-order valence-electron chi connectivity index (χ4n) is 2.65. The largest absolute Gasteiger partial charge is 0.299 e. The van der Waals surface area contributed by atoms with E-state index in [0.29, 0.717) is 5.92 Å². The quantitative estimate of drug-likeness (QED) is 0.644. The Labute approximate surface area is 86.0 Å². The lowest BCUT2D eigenvalue weighted by molar-refractivity contribution is 0.240. The summed E-state index contributed by atoms with van der Waals surface area (Å²) in [6.07, 6.45) is 11.6. The lowest BCUT2D eigenvalue weighted by atomic mass is 9.74. The summed E-state index contributed by atoms with van der Waals surface area (Å²) >= 11 is 0. The van der Waals surface area contributed by atoms with Crippen molar-refractivity contribution in [3.8, 4) is 6.07 Å². The van der Waals surface area contributed by atoms with Crippen LogP contribution in [0.5, 0.6) is 0 Å². The number of allylic oxidation sites excluding steroid dienone is 1. The van der Waals surface area contributed by atoms with Gasteiger partial charge in [0.25, 0.3) is 0 Å². The van der Waals surface area contributed by atoms with Crippen LogP contribution in [0, 0.1) is 17.2 Å². The second kappa shape index (κ2) is 4.14. The molecule has 2 nitrogen and oxygen atoms in total. The van der Waals surface area contributed by atoms with Crippen LogP contribution in [-0.2, 0) is 0 Å². The van der Waals surface area contributed by atoms with Crippen LogP contribution >= 0.6 is 0 Å². The number of rotatable bonds is 1. The minimum atomic E-state index is -0.241. The van der Waals surface area contributed by atoms with Crippen molar-refractivity contribution in [1.29, 1.82) is 5.26 Å². The molecule has 1 aliphatic carbocycles. The molecule has 14 heavy (non-hydrogen) atoms. The van der Waals surface area contributed by atoms with Crippen LogP contribution in [0.15, 0.2) is 12.2 Å². The van der Waals surface area contributed by atoms with Crippen LogP contribution in [0.3, 0.4) is 0 Å². The molecule has 1 heterocycles. The number of hydrogen-bond acceptors (Lipinski definition) is 2. The van der Waals surface area contributed by atoms with Crippen molar-refractivity contribution in [3.63, 3.8) is 0 Å². The maximum absolute atomic E-state index is 9.35. The maximum atomic E-state index is 9.35. The zero-order valence-corrected chi connectivity index (χ0v) is 8.63. The van der Waals surface area contributed by atoms with Crippen LogP contribution in [0.4, 0.5) is 0 Å². The molecular formula is C12H18N2. The van der Waals surface area contributed by atoms with Crippen molar-refractivity contribution in [2.24, 2.45) is 5.92 Å². The first-order valence-electron chi connectivity index (χ1n) is 5.70. The van der Waals surface area contributed by atoms with Gasteiger partial charge in [-0.1, -0.05) is 12.2 Å². The monoisotopic (exact) mass is 190 g/mol. The minimum absolute atomic E-state index is 0.241. The highest BCUT2D eigenvalue weighted by Crippen LogP contribution is 2.33. The van der Waals surface area contributed by atoms with Crippen molar-refractivity contribution in [3.05, 3.63) is 12.2 Å². The number of piperidine rings is 1. The second-order valence-electron chi connectivity index (χ2n) is 4.43. The number of nitrogens with one attached hydrogen (secondary N) is 1. The molecule has 0 aromatic rings. The Bertz CT molecular complexity index is 256. The molecule has 0 bridgehead atoms. The van der Waals surface area contributed by atoms with Gasteiger partial charge in [0.15, 0.2) is 0 Å². The molecule has 1 fully saturated rings. The van der Waals surface area contributed by atoms with E-state index in [9.17, 15) is 5.26 Å². The molecule has 0 spiro atoms. The van der Waals surface area contributed by atoms with Crippen molar-refractivity contribution < 1.29 is 0 Å². The number of hydrogen-bond donors (Lipinski definition) is 1. The summed E-state index contributed by atoms with van der Waals surface area (Å²) in [5, 5.41) is 12.8. The van der Waals surface area contributed by atoms with Gasteiger partial charge >= 0.3 is 0 Å². The molecule has 2 heteroatoms. The first-order chi connectivity index (χ1) is 6.87. The SMILES string of the molecule is N#CC1(C2C=CCCC2)CCCCN1. The van der Waals surface area contributed by atoms with Gasteiger partial charge in [-0.05, 0) is 45.1 Å². The zero-order chi connectivity index (χ0) is 9.86. The van der Waals surface area contributed by atoms with Gasteiger partial charge in [0.05, 0.1) is 6.07 Å². The molecule has 0 aromatic carbocycles. The fraction of sp³-hybridized carbons (Fsp3) is 0.750. The van der Waals surface area contributed by atoms with E-state index in [4.69, 9.17) is 0 Å². The Hall–Kier alpha value is -0.810. The fourth-order valence-corrected chi connectivity index (χ4v) is 2.65. The van der Waals surface area contributed by atoms with Crippen molar-refractivity contribution in [2.75, 3.05) is 6.54 Å². The Morgan fingerprint density at radius 3 is 2.86 bits per heavy atom. The first kappa shape index (κ1) is 9.73. The van der Waals surface area contributed by atoms with Crippen molar-refractivity contribution in [2.45, 2.75) is 44.1 Å². The van der Waals surface area contributed by atoms with E-state index in [1.54, 1.807) is 0 Å². The van der Waals surface area contributed by atoms with Crippen LogP contribution in [0.25, 0.3) is 0 Å². The van der Waals surface area contributed by atoms with Gasteiger partial charge in [0.2, 0.25) is 0 Å². The summed E-state index contributed by atoms with van der Waals surface area (Å²) in [5.41, 5.74) is -0.241. The molecule has 1 saturated heterocycles. The van der Waals surface area contributed by atoms with Crippen LogP contribution in [0.1, 0.15) is 38.5 Å². The lowest BCUT2D eigenvalue weighted by Crippen LogP contribution is -2.52. The Morgan fingerprint density at radius 2 is 2.29 bits per heavy atom. The van der Waals surface area contributed by atoms with E-state index in [0.717, 1.165) is 13.0 Å². The summed E-state index contributed by atoms with van der Waals surface area (Å²) in [5.74, 6) is 0.446. The standard InChI is InChI=1S/C12H18N2/c13-10-12(8-4-5-9-14-12)11-6-2-1-3-7-11/h2,6,11,14H,1,3-5,7-9H2. The molecule has 1 N–H and O–H groups in total. The maximum Gasteiger partial charge on any atom is 0.113 e. The molecular weight excluding hydrogens is 172 g/mol. The summed E-state index contributed by atoms with van der Waals surface area (Å²) in [7, 11) is 0. The Balaban J connectivity index is 2.14. The summed E-state index contributed by atoms with van der Waals surface area (Å²) < 4.78 is 0. The van der Waals surface area contributed by atoms with Crippen LogP contribution < -0.4 is 5.32 Å². The predicted octanol–water partition coefficient (Wildman–Crippen LogP) is 2.38. The summed E-state index contributed by atoms with van der Waals surface area (Å²) in [6, 6.07) is 2.52. The van der Waals surface area contributed by atoms with Gasteiger partial charge < -0.3 is 0 Å². The lowest BCUT2D eigenvalue weighted by Gasteiger charge is -2.38. The minimum Gasteiger partial charge on any atom is -0.299 e. The van der Waals surface area contributed by atoms with E-state index in [1.807, 2.05) is 0 Å². The van der Waals surface area contributed by atoms with E-state index in [-0.39, 0.29) is 5.54 Å². The number of nitriles is 1. The van der Waals surface area contributed by atoms with E-state index >= 15 is 0 Å². The summed E-state index contributed by atoms with van der Waals surface area (Å²) in [6.45, 7) is 1.01. The smallest absolute Gasteiger partial charge is 0.113 e. The first-order valence-corrected chi connectivity index (χ1v) is 5.70. The van der Waals surface area contributed by atoms with Gasteiger partial charge in [-0.15, -0.1) is 0 Å². The van der Waals surface area contributed by atoms with Crippen LogP contribution in [-0.4, -0.2) is 12.1 Å². The highest BCUT2D eigenvalue weighted by Gasteiger charge is 2.38. The van der Waals surface area contributed by atoms with Gasteiger partial charge in [0, 0.05) is 5.92 Å². The van der Waals surface area contributed by atoms with Gasteiger partial charge in [-0.3, -0.25) is 5.32 Å².